The Hall–Kier alpha value is -0.930. The van der Waals surface area contributed by atoms with Crippen LogP contribution < -0.4 is 5.32 Å². The lowest BCUT2D eigenvalue weighted by Gasteiger charge is -2.27. The standard InChI is InChI=1S/C14H21FN2/c15-7-5-13-1-3-14(4-2-13)6-10-17-11-8-16-9-12-17/h1-4,16H,5-12H2. The smallest absolute Gasteiger partial charge is 0.0934 e. The number of piperazine rings is 1. The van der Waals surface area contributed by atoms with E-state index in [4.69, 9.17) is 0 Å². The average Bonchev–Trinajstić information content (AvgIpc) is 2.40. The lowest BCUT2D eigenvalue weighted by atomic mass is 10.1. The Kier molecular flexibility index (Phi) is 4.95. The van der Waals surface area contributed by atoms with Crippen LogP contribution in [0.25, 0.3) is 0 Å². The van der Waals surface area contributed by atoms with E-state index in [1.165, 1.54) is 5.56 Å². The Labute approximate surface area is 103 Å². The monoisotopic (exact) mass is 236 g/mol. The molecule has 0 amide bonds. The van der Waals surface area contributed by atoms with Crippen molar-refractivity contribution in [3.05, 3.63) is 35.4 Å². The van der Waals surface area contributed by atoms with Crippen LogP contribution in [0, 0.1) is 0 Å². The maximum atomic E-state index is 12.2. The van der Waals surface area contributed by atoms with Gasteiger partial charge in [-0.3, -0.25) is 4.39 Å². The summed E-state index contributed by atoms with van der Waals surface area (Å²) in [7, 11) is 0. The summed E-state index contributed by atoms with van der Waals surface area (Å²) in [6.45, 7) is 5.38. The molecular weight excluding hydrogens is 215 g/mol. The van der Waals surface area contributed by atoms with Gasteiger partial charge in [-0.2, -0.15) is 0 Å². The molecule has 1 saturated heterocycles. The van der Waals surface area contributed by atoms with Crippen molar-refractivity contribution in [2.45, 2.75) is 12.8 Å². The van der Waals surface area contributed by atoms with E-state index in [1.807, 2.05) is 12.1 Å². The third-order valence-corrected chi connectivity index (χ3v) is 3.33. The van der Waals surface area contributed by atoms with Crippen LogP contribution in [0.4, 0.5) is 4.39 Å². The van der Waals surface area contributed by atoms with E-state index >= 15 is 0 Å². The Morgan fingerprint density at radius 3 is 2.18 bits per heavy atom. The molecule has 17 heavy (non-hydrogen) atoms. The minimum absolute atomic E-state index is 0.264. The molecule has 0 saturated carbocycles. The average molecular weight is 236 g/mol. The maximum absolute atomic E-state index is 12.2. The predicted octanol–water partition coefficient (Wildman–Crippen LogP) is 1.65. The molecule has 2 rings (SSSR count). The zero-order chi connectivity index (χ0) is 11.9. The molecule has 1 N–H and O–H groups in total. The summed E-state index contributed by atoms with van der Waals surface area (Å²) < 4.78 is 12.2. The Morgan fingerprint density at radius 2 is 1.59 bits per heavy atom. The van der Waals surface area contributed by atoms with Crippen LogP contribution in [-0.2, 0) is 12.8 Å². The van der Waals surface area contributed by atoms with Crippen molar-refractivity contribution in [3.63, 3.8) is 0 Å². The van der Waals surface area contributed by atoms with Gasteiger partial charge >= 0.3 is 0 Å². The van der Waals surface area contributed by atoms with Crippen LogP contribution in [0.2, 0.25) is 0 Å². The minimum atomic E-state index is -0.264. The number of nitrogens with one attached hydrogen (secondary N) is 1. The molecule has 0 radical (unpaired) electrons. The van der Waals surface area contributed by atoms with Crippen molar-refractivity contribution >= 4 is 0 Å². The number of halogens is 1. The molecule has 94 valence electrons. The largest absolute Gasteiger partial charge is 0.314 e. The highest BCUT2D eigenvalue weighted by Crippen LogP contribution is 2.07. The van der Waals surface area contributed by atoms with Gasteiger partial charge in [0.2, 0.25) is 0 Å². The summed E-state index contributed by atoms with van der Waals surface area (Å²) in [5, 5.41) is 3.36. The van der Waals surface area contributed by atoms with Crippen molar-refractivity contribution < 1.29 is 4.39 Å². The SMILES string of the molecule is FCCc1ccc(CCN2CCNCC2)cc1. The van der Waals surface area contributed by atoms with E-state index in [9.17, 15) is 4.39 Å². The van der Waals surface area contributed by atoms with Crippen molar-refractivity contribution in [1.29, 1.82) is 0 Å². The summed E-state index contributed by atoms with van der Waals surface area (Å²) in [5.74, 6) is 0. The van der Waals surface area contributed by atoms with Crippen LogP contribution in [0.1, 0.15) is 11.1 Å². The molecule has 1 aromatic carbocycles. The normalized spacial score (nSPS) is 17.2. The molecule has 0 atom stereocenters. The molecule has 1 aromatic rings. The Balaban J connectivity index is 1.77. The summed E-state index contributed by atoms with van der Waals surface area (Å²) >= 11 is 0. The minimum Gasteiger partial charge on any atom is -0.314 e. The fourth-order valence-electron chi connectivity index (χ4n) is 2.20. The summed E-state index contributed by atoms with van der Waals surface area (Å²) in [6.07, 6.45) is 1.63. The van der Waals surface area contributed by atoms with E-state index in [-0.39, 0.29) is 6.67 Å². The van der Waals surface area contributed by atoms with E-state index in [1.54, 1.807) is 0 Å². The topological polar surface area (TPSA) is 15.3 Å². The highest BCUT2D eigenvalue weighted by molar-refractivity contribution is 5.22. The van der Waals surface area contributed by atoms with Crippen molar-refractivity contribution in [3.8, 4) is 0 Å². The first kappa shape index (κ1) is 12.5. The summed E-state index contributed by atoms with van der Waals surface area (Å²) in [5.41, 5.74) is 2.45. The van der Waals surface area contributed by atoms with Crippen LogP contribution >= 0.6 is 0 Å². The van der Waals surface area contributed by atoms with Gasteiger partial charge in [0.25, 0.3) is 0 Å². The number of rotatable bonds is 5. The molecule has 1 aliphatic heterocycles. The molecule has 0 aromatic heterocycles. The second-order valence-electron chi connectivity index (χ2n) is 4.60. The van der Waals surface area contributed by atoms with Gasteiger partial charge < -0.3 is 10.2 Å². The van der Waals surface area contributed by atoms with Gasteiger partial charge in [0.05, 0.1) is 6.67 Å². The zero-order valence-electron chi connectivity index (χ0n) is 10.3. The number of alkyl halides is 1. The number of hydrogen-bond donors (Lipinski definition) is 1. The zero-order valence-corrected chi connectivity index (χ0v) is 10.3. The number of benzene rings is 1. The predicted molar refractivity (Wildman–Crippen MR) is 69.1 cm³/mol. The maximum Gasteiger partial charge on any atom is 0.0934 e. The van der Waals surface area contributed by atoms with Crippen LogP contribution in [0.3, 0.4) is 0 Å². The number of aryl methyl sites for hydroxylation is 1. The van der Waals surface area contributed by atoms with Gasteiger partial charge in [0.1, 0.15) is 0 Å². The van der Waals surface area contributed by atoms with Crippen molar-refractivity contribution in [1.82, 2.24) is 10.2 Å². The molecule has 1 heterocycles. The quantitative estimate of drug-likeness (QED) is 0.836. The molecule has 0 spiro atoms. The van der Waals surface area contributed by atoms with Crippen LogP contribution in [0.5, 0.6) is 0 Å². The van der Waals surface area contributed by atoms with Crippen molar-refractivity contribution in [2.75, 3.05) is 39.4 Å². The molecule has 3 heteroatoms. The van der Waals surface area contributed by atoms with E-state index < -0.39 is 0 Å². The first-order valence-corrected chi connectivity index (χ1v) is 6.45. The van der Waals surface area contributed by atoms with Crippen molar-refractivity contribution in [2.24, 2.45) is 0 Å². The van der Waals surface area contributed by atoms with E-state index in [0.717, 1.165) is 44.7 Å². The Morgan fingerprint density at radius 1 is 1.00 bits per heavy atom. The molecular formula is C14H21FN2. The molecule has 1 aliphatic rings. The molecule has 0 aliphatic carbocycles. The van der Waals surface area contributed by atoms with Gasteiger partial charge in [0, 0.05) is 39.1 Å². The third-order valence-electron chi connectivity index (χ3n) is 3.33. The second kappa shape index (κ2) is 6.72. The van der Waals surface area contributed by atoms with E-state index in [2.05, 4.69) is 22.3 Å². The lowest BCUT2D eigenvalue weighted by Crippen LogP contribution is -2.44. The van der Waals surface area contributed by atoms with Crippen LogP contribution in [0.15, 0.2) is 24.3 Å². The van der Waals surface area contributed by atoms with Crippen LogP contribution in [-0.4, -0.2) is 44.3 Å². The Bertz CT molecular complexity index is 317. The first-order chi connectivity index (χ1) is 8.38. The molecule has 2 nitrogen and oxygen atoms in total. The number of nitrogens with zero attached hydrogens (tertiary/aromatic N) is 1. The number of hydrogen-bond acceptors (Lipinski definition) is 2. The molecule has 0 bridgehead atoms. The fraction of sp³-hybridized carbons (Fsp3) is 0.571. The summed E-state index contributed by atoms with van der Waals surface area (Å²) in [4.78, 5) is 2.49. The van der Waals surface area contributed by atoms with Gasteiger partial charge in [-0.05, 0) is 17.5 Å². The molecule has 0 unspecified atom stereocenters. The lowest BCUT2D eigenvalue weighted by molar-refractivity contribution is 0.244. The fourth-order valence-corrected chi connectivity index (χ4v) is 2.20. The first-order valence-electron chi connectivity index (χ1n) is 6.45. The van der Waals surface area contributed by atoms with Gasteiger partial charge in [-0.1, -0.05) is 24.3 Å². The third kappa shape index (κ3) is 4.10. The van der Waals surface area contributed by atoms with Gasteiger partial charge in [0.15, 0.2) is 0 Å². The van der Waals surface area contributed by atoms with E-state index in [0.29, 0.717) is 6.42 Å². The second-order valence-corrected chi connectivity index (χ2v) is 4.60. The van der Waals surface area contributed by atoms with Gasteiger partial charge in [-0.15, -0.1) is 0 Å². The molecule has 1 fully saturated rings. The van der Waals surface area contributed by atoms with Gasteiger partial charge in [-0.25, -0.2) is 0 Å². The highest BCUT2D eigenvalue weighted by atomic mass is 19.1. The highest BCUT2D eigenvalue weighted by Gasteiger charge is 2.08. The summed E-state index contributed by atoms with van der Waals surface area (Å²) in [6, 6.07) is 8.36.